The van der Waals surface area contributed by atoms with Crippen LogP contribution in [0.4, 0.5) is 14.9 Å². The number of carboxylic acid groups (broad SMARTS) is 1. The smallest absolute Gasteiger partial charge is 0.408 e. The van der Waals surface area contributed by atoms with Crippen LogP contribution in [-0.2, 0) is 9.53 Å². The van der Waals surface area contributed by atoms with Gasteiger partial charge in [-0.2, -0.15) is 0 Å². The highest BCUT2D eigenvalue weighted by Crippen LogP contribution is 2.38. The summed E-state index contributed by atoms with van der Waals surface area (Å²) < 4.78 is 22.0. The summed E-state index contributed by atoms with van der Waals surface area (Å²) in [6.07, 6.45) is 2.40. The van der Waals surface area contributed by atoms with Gasteiger partial charge in [-0.3, -0.25) is 9.59 Å². The first kappa shape index (κ1) is 24.5. The Balaban J connectivity index is 1.48. The predicted molar refractivity (Wildman–Crippen MR) is 126 cm³/mol. The lowest BCUT2D eigenvalue weighted by atomic mass is 10.1. The molecule has 1 saturated heterocycles. The third-order valence-electron chi connectivity index (χ3n) is 6.03. The second-order valence-corrected chi connectivity index (χ2v) is 9.86. The number of benzene rings is 1. The van der Waals surface area contributed by atoms with E-state index >= 15 is 4.39 Å². The van der Waals surface area contributed by atoms with Crippen LogP contribution in [0.15, 0.2) is 23.1 Å². The van der Waals surface area contributed by atoms with Crippen LogP contribution in [0.25, 0.3) is 10.9 Å². The molecule has 0 spiro atoms. The van der Waals surface area contributed by atoms with Gasteiger partial charge in [0.15, 0.2) is 0 Å². The molecular weight excluding hydrogens is 459 g/mol. The topological polar surface area (TPSA) is 121 Å². The number of anilines is 1. The van der Waals surface area contributed by atoms with Crippen molar-refractivity contribution >= 4 is 34.6 Å². The highest BCUT2D eigenvalue weighted by molar-refractivity contribution is 5.93. The Hall–Kier alpha value is -3.63. The molecule has 4 rings (SSSR count). The van der Waals surface area contributed by atoms with Crippen LogP contribution >= 0.6 is 0 Å². The van der Waals surface area contributed by atoms with Crippen molar-refractivity contribution in [2.45, 2.75) is 45.3 Å². The Morgan fingerprint density at radius 1 is 1.14 bits per heavy atom. The summed E-state index contributed by atoms with van der Waals surface area (Å²) in [4.78, 5) is 51.8. The van der Waals surface area contributed by atoms with Crippen molar-refractivity contribution in [1.82, 2.24) is 14.8 Å². The zero-order valence-corrected chi connectivity index (χ0v) is 20.0. The molecule has 2 heterocycles. The number of piperazine rings is 1. The molecular formula is C24H29FN4O6. The van der Waals surface area contributed by atoms with Gasteiger partial charge in [0.1, 0.15) is 23.5 Å². The molecule has 0 bridgehead atoms. The lowest BCUT2D eigenvalue weighted by Crippen LogP contribution is -2.51. The van der Waals surface area contributed by atoms with Crippen LogP contribution in [0.5, 0.6) is 0 Å². The Morgan fingerprint density at radius 2 is 1.80 bits per heavy atom. The van der Waals surface area contributed by atoms with Gasteiger partial charge in [0, 0.05) is 43.8 Å². The van der Waals surface area contributed by atoms with E-state index in [2.05, 4.69) is 5.32 Å². The molecule has 2 fully saturated rings. The number of halogens is 1. The lowest BCUT2D eigenvalue weighted by molar-refractivity contribution is -0.130. The molecule has 1 aliphatic heterocycles. The first-order chi connectivity index (χ1) is 16.4. The zero-order chi connectivity index (χ0) is 25.5. The number of amides is 2. The van der Waals surface area contributed by atoms with Crippen LogP contribution in [0.2, 0.25) is 0 Å². The fourth-order valence-electron chi connectivity index (χ4n) is 4.18. The average Bonchev–Trinajstić information content (AvgIpc) is 3.62. The van der Waals surface area contributed by atoms with Gasteiger partial charge in [-0.15, -0.1) is 0 Å². The molecule has 0 radical (unpaired) electrons. The van der Waals surface area contributed by atoms with Crippen molar-refractivity contribution in [2.75, 3.05) is 37.6 Å². The maximum atomic E-state index is 15.1. The van der Waals surface area contributed by atoms with Crippen molar-refractivity contribution in [3.63, 3.8) is 0 Å². The standard InChI is InChI=1S/C24H29FN4O6/c1-24(2,3)35-23(34)26-12-20(30)28-8-6-27(7-9-28)19-11-18-15(10-17(19)25)21(31)16(22(32)33)13-29(18)14-4-5-14/h10-11,13-14H,4-9,12H2,1-3H3,(H,26,34)(H,32,33). The summed E-state index contributed by atoms with van der Waals surface area (Å²) in [5.74, 6) is -2.22. The minimum Gasteiger partial charge on any atom is -0.477 e. The van der Waals surface area contributed by atoms with E-state index in [0.717, 1.165) is 18.9 Å². The first-order valence-electron chi connectivity index (χ1n) is 11.6. The number of aromatic nitrogens is 1. The number of hydrogen-bond donors (Lipinski definition) is 2. The normalized spacial score (nSPS) is 16.3. The van der Waals surface area contributed by atoms with E-state index in [9.17, 15) is 24.3 Å². The molecule has 2 aromatic rings. The monoisotopic (exact) mass is 488 g/mol. The van der Waals surface area contributed by atoms with Crippen LogP contribution in [0.3, 0.4) is 0 Å². The quantitative estimate of drug-likeness (QED) is 0.663. The minimum atomic E-state index is -1.34. The third-order valence-corrected chi connectivity index (χ3v) is 6.03. The van der Waals surface area contributed by atoms with Crippen LogP contribution in [0.1, 0.15) is 50.0 Å². The van der Waals surface area contributed by atoms with Gasteiger partial charge in [0.25, 0.3) is 0 Å². The fourth-order valence-corrected chi connectivity index (χ4v) is 4.18. The molecule has 0 unspecified atom stereocenters. The molecule has 11 heteroatoms. The van der Waals surface area contributed by atoms with E-state index < -0.39 is 28.9 Å². The molecule has 1 aliphatic carbocycles. The Labute approximate surface area is 201 Å². The Morgan fingerprint density at radius 3 is 2.37 bits per heavy atom. The van der Waals surface area contributed by atoms with Gasteiger partial charge in [0.2, 0.25) is 11.3 Å². The van der Waals surface area contributed by atoms with Gasteiger partial charge < -0.3 is 29.5 Å². The largest absolute Gasteiger partial charge is 0.477 e. The number of carboxylic acids is 1. The fraction of sp³-hybridized carbons (Fsp3) is 0.500. The maximum Gasteiger partial charge on any atom is 0.408 e. The molecule has 2 amide bonds. The summed E-state index contributed by atoms with van der Waals surface area (Å²) in [7, 11) is 0. The molecule has 10 nitrogen and oxygen atoms in total. The van der Waals surface area contributed by atoms with E-state index in [1.807, 2.05) is 0 Å². The average molecular weight is 489 g/mol. The van der Waals surface area contributed by atoms with Crippen molar-refractivity contribution in [3.8, 4) is 0 Å². The molecule has 1 aromatic heterocycles. The van der Waals surface area contributed by atoms with Gasteiger partial charge >= 0.3 is 12.1 Å². The summed E-state index contributed by atoms with van der Waals surface area (Å²) in [5.41, 5.74) is -0.943. The second kappa shape index (κ2) is 9.20. The summed E-state index contributed by atoms with van der Waals surface area (Å²) in [6, 6.07) is 2.79. The van der Waals surface area contributed by atoms with Crippen LogP contribution < -0.4 is 15.6 Å². The molecule has 2 aliphatic rings. The molecule has 0 atom stereocenters. The Bertz CT molecular complexity index is 1240. The number of aromatic carboxylic acids is 1. The van der Waals surface area contributed by atoms with Crippen LogP contribution in [0, 0.1) is 5.82 Å². The molecule has 1 aromatic carbocycles. The van der Waals surface area contributed by atoms with Crippen molar-refractivity contribution in [1.29, 1.82) is 0 Å². The number of nitrogens with zero attached hydrogens (tertiary/aromatic N) is 3. The van der Waals surface area contributed by atoms with Gasteiger partial charge in [-0.25, -0.2) is 14.0 Å². The number of carbonyl (C=O) groups is 3. The first-order valence-corrected chi connectivity index (χ1v) is 11.6. The molecule has 188 valence electrons. The second-order valence-electron chi connectivity index (χ2n) is 9.86. The molecule has 2 N–H and O–H groups in total. The van der Waals surface area contributed by atoms with Crippen molar-refractivity contribution in [3.05, 3.63) is 39.9 Å². The van der Waals surface area contributed by atoms with E-state index in [-0.39, 0.29) is 29.4 Å². The summed E-state index contributed by atoms with van der Waals surface area (Å²) in [5, 5.41) is 11.9. The van der Waals surface area contributed by atoms with E-state index in [4.69, 9.17) is 4.74 Å². The van der Waals surface area contributed by atoms with Gasteiger partial charge in [0.05, 0.1) is 11.2 Å². The number of alkyl carbamates (subject to hydrolysis) is 1. The maximum absolute atomic E-state index is 15.1. The van der Waals surface area contributed by atoms with Crippen LogP contribution in [-0.4, -0.2) is 70.9 Å². The van der Waals surface area contributed by atoms with Gasteiger partial charge in [-0.05, 0) is 45.7 Å². The number of rotatable bonds is 5. The van der Waals surface area contributed by atoms with E-state index in [0.29, 0.717) is 37.4 Å². The lowest BCUT2D eigenvalue weighted by Gasteiger charge is -2.36. The summed E-state index contributed by atoms with van der Waals surface area (Å²) in [6.45, 7) is 6.39. The van der Waals surface area contributed by atoms with Crippen molar-refractivity contribution < 1.29 is 28.6 Å². The SMILES string of the molecule is CC(C)(C)OC(=O)NCC(=O)N1CCN(c2cc3c(cc2F)c(=O)c(C(=O)O)cn3C2CC2)CC1. The van der Waals surface area contributed by atoms with E-state index in [1.165, 1.54) is 6.20 Å². The number of pyridine rings is 1. The van der Waals surface area contributed by atoms with Gasteiger partial charge in [-0.1, -0.05) is 0 Å². The Kier molecular flexibility index (Phi) is 6.44. The highest BCUT2D eigenvalue weighted by Gasteiger charge is 2.29. The number of fused-ring (bicyclic) bond motifs is 1. The molecule has 1 saturated carbocycles. The predicted octanol–water partition coefficient (Wildman–Crippen LogP) is 2.35. The van der Waals surface area contributed by atoms with E-state index in [1.54, 1.807) is 41.2 Å². The highest BCUT2D eigenvalue weighted by atomic mass is 19.1. The molecule has 35 heavy (non-hydrogen) atoms. The third kappa shape index (κ3) is 5.39. The number of carbonyl (C=O) groups excluding carboxylic acids is 2. The van der Waals surface area contributed by atoms with Crippen molar-refractivity contribution in [2.24, 2.45) is 0 Å². The number of ether oxygens (including phenoxy) is 1. The number of hydrogen-bond acceptors (Lipinski definition) is 6. The minimum absolute atomic E-state index is 0.0417. The number of nitrogens with one attached hydrogen (secondary N) is 1. The summed E-state index contributed by atoms with van der Waals surface area (Å²) >= 11 is 0. The zero-order valence-electron chi connectivity index (χ0n) is 20.0.